The van der Waals surface area contributed by atoms with Crippen LogP contribution >= 0.6 is 0 Å². The Bertz CT molecular complexity index is 874. The van der Waals surface area contributed by atoms with E-state index in [0.717, 1.165) is 25.7 Å². The Morgan fingerprint density at radius 3 is 1.71 bits per heavy atom. The largest absolute Gasteiger partial charge is 0.462 e. The number of rotatable bonds is 7. The summed E-state index contributed by atoms with van der Waals surface area (Å²) >= 11 is 0. The fraction of sp³-hybridized carbons (Fsp3) is 0.269. The number of aryl methyl sites for hydroxylation is 1. The molecule has 28 heavy (non-hydrogen) atoms. The zero-order valence-electron chi connectivity index (χ0n) is 16.0. The predicted octanol–water partition coefficient (Wildman–Crippen LogP) is 5.26. The molecule has 2 heteroatoms. The van der Waals surface area contributed by atoms with Gasteiger partial charge in [-0.25, -0.2) is 0 Å². The van der Waals surface area contributed by atoms with Crippen molar-refractivity contribution in [3.8, 4) is 0 Å². The van der Waals surface area contributed by atoms with Gasteiger partial charge in [0.1, 0.15) is 6.10 Å². The van der Waals surface area contributed by atoms with Crippen LogP contribution in [0.3, 0.4) is 0 Å². The SMILES string of the molecule is O=C1O[C@H](CCc2ccccc2)[C@H](Cc2ccccc2)[C@H]1Cc1ccccc1. The molecule has 0 radical (unpaired) electrons. The molecule has 1 aliphatic heterocycles. The highest BCUT2D eigenvalue weighted by Gasteiger charge is 2.43. The first-order valence-corrected chi connectivity index (χ1v) is 10.1. The maximum absolute atomic E-state index is 12.8. The van der Waals surface area contributed by atoms with Crippen LogP contribution in [0.15, 0.2) is 91.0 Å². The van der Waals surface area contributed by atoms with Crippen LogP contribution in [-0.4, -0.2) is 12.1 Å². The van der Waals surface area contributed by atoms with Crippen LogP contribution in [0.5, 0.6) is 0 Å². The standard InChI is InChI=1S/C26H26O2/c27-26-24(19-22-14-8-3-9-15-22)23(18-21-12-6-2-7-13-21)25(28-26)17-16-20-10-4-1-5-11-20/h1-15,23-25H,16-19H2/t23-,24-,25-/m1/s1. The van der Waals surface area contributed by atoms with Crippen LogP contribution in [0.2, 0.25) is 0 Å². The molecule has 4 rings (SSSR count). The van der Waals surface area contributed by atoms with E-state index in [1.807, 2.05) is 30.3 Å². The van der Waals surface area contributed by atoms with Gasteiger partial charge in [0.15, 0.2) is 0 Å². The van der Waals surface area contributed by atoms with Crippen molar-refractivity contribution in [3.63, 3.8) is 0 Å². The van der Waals surface area contributed by atoms with Crippen molar-refractivity contribution >= 4 is 5.97 Å². The van der Waals surface area contributed by atoms with Gasteiger partial charge in [0.25, 0.3) is 0 Å². The number of benzene rings is 3. The summed E-state index contributed by atoms with van der Waals surface area (Å²) in [5.74, 6) is 0.0880. The van der Waals surface area contributed by atoms with Gasteiger partial charge in [-0.05, 0) is 42.4 Å². The first kappa shape index (κ1) is 18.5. The van der Waals surface area contributed by atoms with Crippen LogP contribution < -0.4 is 0 Å². The average Bonchev–Trinajstić information content (AvgIpc) is 3.03. The lowest BCUT2D eigenvalue weighted by Crippen LogP contribution is -2.25. The summed E-state index contributed by atoms with van der Waals surface area (Å²) in [4.78, 5) is 12.8. The molecule has 1 heterocycles. The highest BCUT2D eigenvalue weighted by molar-refractivity contribution is 5.75. The summed E-state index contributed by atoms with van der Waals surface area (Å²) in [5.41, 5.74) is 3.77. The second-order valence-corrected chi connectivity index (χ2v) is 7.65. The third-order valence-electron chi connectivity index (χ3n) is 5.74. The zero-order chi connectivity index (χ0) is 19.2. The highest BCUT2D eigenvalue weighted by atomic mass is 16.6. The molecule has 0 unspecified atom stereocenters. The maximum Gasteiger partial charge on any atom is 0.309 e. The highest BCUT2D eigenvalue weighted by Crippen LogP contribution is 2.36. The summed E-state index contributed by atoms with van der Waals surface area (Å²) in [5, 5.41) is 0. The maximum atomic E-state index is 12.8. The minimum Gasteiger partial charge on any atom is -0.462 e. The van der Waals surface area contributed by atoms with Gasteiger partial charge in [0.2, 0.25) is 0 Å². The number of carbonyl (C=O) groups is 1. The molecule has 1 saturated heterocycles. The number of cyclic esters (lactones) is 1. The zero-order valence-corrected chi connectivity index (χ0v) is 16.0. The molecule has 142 valence electrons. The number of ether oxygens (including phenoxy) is 1. The molecule has 0 aromatic heterocycles. The van der Waals surface area contributed by atoms with Gasteiger partial charge in [0.05, 0.1) is 5.92 Å². The first-order valence-electron chi connectivity index (χ1n) is 10.1. The van der Waals surface area contributed by atoms with Gasteiger partial charge in [-0.1, -0.05) is 91.0 Å². The van der Waals surface area contributed by atoms with E-state index in [1.165, 1.54) is 16.7 Å². The van der Waals surface area contributed by atoms with E-state index in [0.29, 0.717) is 0 Å². The third kappa shape index (κ3) is 4.51. The molecular formula is C26H26O2. The molecule has 3 aromatic carbocycles. The Labute approximate surface area is 167 Å². The smallest absolute Gasteiger partial charge is 0.309 e. The Balaban J connectivity index is 1.53. The van der Waals surface area contributed by atoms with Crippen molar-refractivity contribution in [3.05, 3.63) is 108 Å². The Kier molecular flexibility index (Phi) is 5.86. The van der Waals surface area contributed by atoms with Crippen LogP contribution in [0, 0.1) is 11.8 Å². The molecule has 0 saturated carbocycles. The van der Waals surface area contributed by atoms with E-state index >= 15 is 0 Å². The molecule has 0 spiro atoms. The molecular weight excluding hydrogens is 344 g/mol. The summed E-state index contributed by atoms with van der Waals surface area (Å²) in [6, 6.07) is 31.2. The average molecular weight is 370 g/mol. The number of carbonyl (C=O) groups excluding carboxylic acids is 1. The minimum absolute atomic E-state index is 0.0263. The van der Waals surface area contributed by atoms with E-state index in [9.17, 15) is 4.79 Å². The minimum atomic E-state index is -0.0802. The third-order valence-corrected chi connectivity index (χ3v) is 5.74. The Morgan fingerprint density at radius 1 is 0.643 bits per heavy atom. The summed E-state index contributed by atoms with van der Waals surface area (Å²) in [7, 11) is 0. The molecule has 1 aliphatic rings. The second kappa shape index (κ2) is 8.88. The van der Waals surface area contributed by atoms with Crippen molar-refractivity contribution in [2.75, 3.05) is 0 Å². The van der Waals surface area contributed by atoms with E-state index in [1.54, 1.807) is 0 Å². The molecule has 2 nitrogen and oxygen atoms in total. The van der Waals surface area contributed by atoms with Crippen LogP contribution in [0.4, 0.5) is 0 Å². The van der Waals surface area contributed by atoms with Crippen LogP contribution in [-0.2, 0) is 28.8 Å². The monoisotopic (exact) mass is 370 g/mol. The molecule has 0 bridgehead atoms. The normalized spacial score (nSPS) is 21.4. The summed E-state index contributed by atoms with van der Waals surface area (Å²) < 4.78 is 5.91. The topological polar surface area (TPSA) is 26.3 Å². The molecule has 0 amide bonds. The molecule has 0 aliphatic carbocycles. The van der Waals surface area contributed by atoms with Crippen molar-refractivity contribution < 1.29 is 9.53 Å². The number of hydrogen-bond donors (Lipinski definition) is 0. The molecule has 0 N–H and O–H groups in total. The van der Waals surface area contributed by atoms with Crippen molar-refractivity contribution in [1.82, 2.24) is 0 Å². The number of esters is 1. The number of hydrogen-bond acceptors (Lipinski definition) is 2. The first-order chi connectivity index (χ1) is 13.8. The van der Waals surface area contributed by atoms with Gasteiger partial charge in [-0.3, -0.25) is 4.79 Å². The summed E-state index contributed by atoms with van der Waals surface area (Å²) in [6.45, 7) is 0. The lowest BCUT2D eigenvalue weighted by Gasteiger charge is -2.21. The van der Waals surface area contributed by atoms with Crippen LogP contribution in [0.1, 0.15) is 23.1 Å². The van der Waals surface area contributed by atoms with Gasteiger partial charge < -0.3 is 4.74 Å². The van der Waals surface area contributed by atoms with Crippen molar-refractivity contribution in [1.29, 1.82) is 0 Å². The van der Waals surface area contributed by atoms with Crippen molar-refractivity contribution in [2.45, 2.75) is 31.8 Å². The van der Waals surface area contributed by atoms with E-state index < -0.39 is 0 Å². The van der Waals surface area contributed by atoms with Crippen molar-refractivity contribution in [2.24, 2.45) is 11.8 Å². The second-order valence-electron chi connectivity index (χ2n) is 7.65. The Hall–Kier alpha value is -2.87. The molecule has 3 aromatic rings. The quantitative estimate of drug-likeness (QED) is 0.530. The fourth-order valence-electron chi connectivity index (χ4n) is 4.25. The van der Waals surface area contributed by atoms with Gasteiger partial charge in [0, 0.05) is 5.92 Å². The lowest BCUT2D eigenvalue weighted by atomic mass is 9.80. The lowest BCUT2D eigenvalue weighted by molar-refractivity contribution is -0.144. The fourth-order valence-corrected chi connectivity index (χ4v) is 4.25. The molecule has 3 atom stereocenters. The predicted molar refractivity (Wildman–Crippen MR) is 112 cm³/mol. The van der Waals surface area contributed by atoms with E-state index in [4.69, 9.17) is 4.74 Å². The van der Waals surface area contributed by atoms with Gasteiger partial charge in [-0.2, -0.15) is 0 Å². The van der Waals surface area contributed by atoms with E-state index in [2.05, 4.69) is 60.7 Å². The van der Waals surface area contributed by atoms with E-state index in [-0.39, 0.29) is 23.9 Å². The summed E-state index contributed by atoms with van der Waals surface area (Å²) in [6.07, 6.45) is 3.41. The molecule has 1 fully saturated rings. The Morgan fingerprint density at radius 2 is 1.14 bits per heavy atom. The van der Waals surface area contributed by atoms with Crippen LogP contribution in [0.25, 0.3) is 0 Å². The van der Waals surface area contributed by atoms with Gasteiger partial charge in [-0.15, -0.1) is 0 Å². The van der Waals surface area contributed by atoms with Gasteiger partial charge >= 0.3 is 5.97 Å².